The number of hydrogen-bond donors (Lipinski definition) is 3. The van der Waals surface area contributed by atoms with Crippen LogP contribution in [0.1, 0.15) is 24.1 Å². The number of likely N-dealkylation sites (tertiary alicyclic amines) is 1. The molecule has 0 bridgehead atoms. The lowest BCUT2D eigenvalue weighted by molar-refractivity contribution is -0.154. The lowest BCUT2D eigenvalue weighted by Crippen LogP contribution is -2.52. The van der Waals surface area contributed by atoms with Crippen LogP contribution in [0.15, 0.2) is 42.6 Å². The number of methoxy groups -OCH3 is 1. The van der Waals surface area contributed by atoms with Crippen LogP contribution in [0.2, 0.25) is 5.02 Å². The number of carboxylic acids is 1. The fourth-order valence-corrected chi connectivity index (χ4v) is 4.76. The minimum atomic E-state index is -1.26. The monoisotopic (exact) mass is 505 g/mol. The van der Waals surface area contributed by atoms with E-state index < -0.39 is 23.0 Å². The molecular weight excluding hydrogens is 480 g/mol. The molecule has 1 aliphatic heterocycles. The summed E-state index contributed by atoms with van der Waals surface area (Å²) >= 11 is 5.93. The molecule has 1 aromatic carbocycles. The van der Waals surface area contributed by atoms with Gasteiger partial charge in [-0.3, -0.25) is 14.8 Å². The predicted octanol–water partition coefficient (Wildman–Crippen LogP) is 4.40. The normalized spacial score (nSPS) is 20.6. The Morgan fingerprint density at radius 3 is 2.86 bits per heavy atom. The average Bonchev–Trinajstić information content (AvgIpc) is 3.34. The van der Waals surface area contributed by atoms with E-state index in [0.717, 1.165) is 0 Å². The summed E-state index contributed by atoms with van der Waals surface area (Å²) in [6, 6.07) is 8.91. The zero-order chi connectivity index (χ0) is 25.0. The number of aromatic nitrogens is 3. The van der Waals surface area contributed by atoms with Gasteiger partial charge in [0.2, 0.25) is 0 Å². The van der Waals surface area contributed by atoms with Crippen LogP contribution < -0.4 is 5.32 Å². The molecule has 2 aromatic heterocycles. The molecule has 186 valence electrons. The Morgan fingerprint density at radius 1 is 1.31 bits per heavy atom. The first-order valence-electron chi connectivity index (χ1n) is 11.1. The van der Waals surface area contributed by atoms with Crippen molar-refractivity contribution in [1.29, 1.82) is 0 Å². The molecule has 2 atom stereocenters. The number of pyridine rings is 1. The fraction of sp³-hybridized carbons (Fsp3) is 0.375. The molecule has 8 nitrogen and oxygen atoms in total. The van der Waals surface area contributed by atoms with E-state index in [1.165, 1.54) is 25.3 Å². The maximum atomic E-state index is 14.7. The SMILES string of the molecule is COCC1CC(Cc2nc(Nc3cc[nH]n3)ccc2F)(C(=O)O)CCN1Cc1cccc(Cl)c1F. The highest BCUT2D eigenvalue weighted by molar-refractivity contribution is 6.30. The molecule has 0 amide bonds. The van der Waals surface area contributed by atoms with E-state index in [2.05, 4.69) is 20.5 Å². The second kappa shape index (κ2) is 10.7. The number of benzene rings is 1. The van der Waals surface area contributed by atoms with Crippen LogP contribution in [0.4, 0.5) is 20.4 Å². The number of piperidine rings is 1. The Labute approximate surface area is 206 Å². The van der Waals surface area contributed by atoms with E-state index in [0.29, 0.717) is 23.7 Å². The summed E-state index contributed by atoms with van der Waals surface area (Å²) in [4.78, 5) is 18.9. The van der Waals surface area contributed by atoms with Gasteiger partial charge in [0.15, 0.2) is 5.82 Å². The number of H-pyrrole nitrogens is 1. The van der Waals surface area contributed by atoms with Gasteiger partial charge >= 0.3 is 5.97 Å². The molecule has 1 aliphatic rings. The molecule has 0 spiro atoms. The Morgan fingerprint density at radius 2 is 2.14 bits per heavy atom. The summed E-state index contributed by atoms with van der Waals surface area (Å²) in [7, 11) is 1.53. The highest BCUT2D eigenvalue weighted by Gasteiger charge is 2.46. The van der Waals surface area contributed by atoms with Gasteiger partial charge in [0.05, 0.1) is 22.7 Å². The average molecular weight is 506 g/mol. The van der Waals surface area contributed by atoms with E-state index >= 15 is 0 Å². The first kappa shape index (κ1) is 25.0. The van der Waals surface area contributed by atoms with Gasteiger partial charge < -0.3 is 15.2 Å². The van der Waals surface area contributed by atoms with Gasteiger partial charge in [-0.2, -0.15) is 5.10 Å². The maximum absolute atomic E-state index is 14.7. The third-order valence-corrected chi connectivity index (χ3v) is 6.71. The third-order valence-electron chi connectivity index (χ3n) is 6.42. The summed E-state index contributed by atoms with van der Waals surface area (Å²) in [6.07, 6.45) is 1.97. The Balaban J connectivity index is 1.57. The number of carbonyl (C=O) groups is 1. The summed E-state index contributed by atoms with van der Waals surface area (Å²) in [5, 5.41) is 19.9. The summed E-state index contributed by atoms with van der Waals surface area (Å²) in [6.45, 7) is 0.860. The number of aliphatic carboxylic acids is 1. The maximum Gasteiger partial charge on any atom is 0.310 e. The molecule has 2 unspecified atom stereocenters. The van der Waals surface area contributed by atoms with Gasteiger partial charge in [-0.1, -0.05) is 23.7 Å². The van der Waals surface area contributed by atoms with Crippen molar-refractivity contribution in [2.75, 3.05) is 25.6 Å². The predicted molar refractivity (Wildman–Crippen MR) is 127 cm³/mol. The van der Waals surface area contributed by atoms with E-state index in [1.807, 2.05) is 4.90 Å². The van der Waals surface area contributed by atoms with Crippen molar-refractivity contribution in [2.45, 2.75) is 31.8 Å². The number of aromatic amines is 1. The van der Waals surface area contributed by atoms with Crippen molar-refractivity contribution in [3.63, 3.8) is 0 Å². The molecule has 0 radical (unpaired) electrons. The van der Waals surface area contributed by atoms with Crippen molar-refractivity contribution < 1.29 is 23.4 Å². The van der Waals surface area contributed by atoms with Crippen molar-refractivity contribution in [3.05, 3.63) is 70.5 Å². The Kier molecular flexibility index (Phi) is 7.63. The number of nitrogens with one attached hydrogen (secondary N) is 2. The largest absolute Gasteiger partial charge is 0.481 e. The Bertz CT molecular complexity index is 1180. The number of ether oxygens (including phenoxy) is 1. The highest BCUT2D eigenvalue weighted by Crippen LogP contribution is 2.40. The number of hydrogen-bond acceptors (Lipinski definition) is 6. The molecule has 0 aliphatic carbocycles. The molecule has 1 fully saturated rings. The van der Waals surface area contributed by atoms with Crippen LogP contribution in [0.25, 0.3) is 0 Å². The summed E-state index contributed by atoms with van der Waals surface area (Å²) in [5.41, 5.74) is -0.782. The molecule has 0 saturated carbocycles. The summed E-state index contributed by atoms with van der Waals surface area (Å²) < 4.78 is 34.6. The van der Waals surface area contributed by atoms with Gasteiger partial charge in [-0.05, 0) is 37.6 Å². The minimum absolute atomic E-state index is 0.0348. The molecular formula is C24H26ClF2N5O3. The highest BCUT2D eigenvalue weighted by atomic mass is 35.5. The van der Waals surface area contributed by atoms with Gasteiger partial charge in [-0.25, -0.2) is 13.8 Å². The van der Waals surface area contributed by atoms with Crippen molar-refractivity contribution in [1.82, 2.24) is 20.1 Å². The van der Waals surface area contributed by atoms with Crippen LogP contribution in [0, 0.1) is 17.0 Å². The number of halogens is 3. The number of anilines is 2. The van der Waals surface area contributed by atoms with Gasteiger partial charge in [0.1, 0.15) is 17.5 Å². The second-order valence-corrected chi connectivity index (χ2v) is 9.13. The van der Waals surface area contributed by atoms with Crippen LogP contribution in [-0.4, -0.2) is 57.5 Å². The molecule has 3 aromatic rings. The Hall–Kier alpha value is -3.08. The zero-order valence-corrected chi connectivity index (χ0v) is 19.9. The van der Waals surface area contributed by atoms with E-state index in [9.17, 15) is 18.7 Å². The van der Waals surface area contributed by atoms with Crippen molar-refractivity contribution in [3.8, 4) is 0 Å². The lowest BCUT2D eigenvalue weighted by Gasteiger charge is -2.44. The number of nitrogens with zero attached hydrogens (tertiary/aromatic N) is 3. The first-order valence-corrected chi connectivity index (χ1v) is 11.5. The standard InChI is InChI=1S/C24H26ClF2N5O3/c1-35-14-16-11-24(23(33)34,8-10-32(16)13-15-3-2-4-17(25)22(15)27)12-19-18(26)5-6-20(29-19)30-21-7-9-28-31-21/h2-7,9,16H,8,10-14H2,1H3,(H,33,34)(H2,28,29,30,31). The topological polar surface area (TPSA) is 103 Å². The quantitative estimate of drug-likeness (QED) is 0.396. The van der Waals surface area contributed by atoms with E-state index in [1.54, 1.807) is 24.4 Å². The van der Waals surface area contributed by atoms with Crippen LogP contribution in [0.5, 0.6) is 0 Å². The van der Waals surface area contributed by atoms with E-state index in [-0.39, 0.29) is 49.2 Å². The van der Waals surface area contributed by atoms with Crippen LogP contribution >= 0.6 is 11.6 Å². The lowest BCUT2D eigenvalue weighted by atomic mass is 9.72. The van der Waals surface area contributed by atoms with Gasteiger partial charge in [0, 0.05) is 43.9 Å². The van der Waals surface area contributed by atoms with E-state index in [4.69, 9.17) is 16.3 Å². The molecule has 1 saturated heterocycles. The van der Waals surface area contributed by atoms with Gasteiger partial charge in [0.25, 0.3) is 0 Å². The van der Waals surface area contributed by atoms with Crippen LogP contribution in [0.3, 0.4) is 0 Å². The number of carboxylic acid groups (broad SMARTS) is 1. The van der Waals surface area contributed by atoms with Gasteiger partial charge in [-0.15, -0.1) is 0 Å². The fourth-order valence-electron chi connectivity index (χ4n) is 4.57. The molecule has 35 heavy (non-hydrogen) atoms. The van der Waals surface area contributed by atoms with Crippen molar-refractivity contribution in [2.24, 2.45) is 5.41 Å². The minimum Gasteiger partial charge on any atom is -0.481 e. The second-order valence-electron chi connectivity index (χ2n) is 8.72. The summed E-state index contributed by atoms with van der Waals surface area (Å²) in [5.74, 6) is -1.24. The van der Waals surface area contributed by atoms with Crippen molar-refractivity contribution >= 4 is 29.2 Å². The zero-order valence-electron chi connectivity index (χ0n) is 19.1. The van der Waals surface area contributed by atoms with Crippen LogP contribution in [-0.2, 0) is 22.5 Å². The third kappa shape index (κ3) is 5.61. The molecule has 11 heteroatoms. The molecule has 3 N–H and O–H groups in total. The smallest absolute Gasteiger partial charge is 0.310 e. The first-order chi connectivity index (χ1) is 16.8. The molecule has 3 heterocycles. The number of rotatable bonds is 9. The molecule has 4 rings (SSSR count).